The molecule has 2 aliphatic heterocycles. The van der Waals surface area contributed by atoms with Gasteiger partial charge in [-0.2, -0.15) is 0 Å². The topological polar surface area (TPSA) is 39.7 Å². The molecule has 1 fully saturated rings. The molecule has 1 aromatic rings. The van der Waals surface area contributed by atoms with Crippen molar-refractivity contribution in [2.45, 2.75) is 25.8 Å². The highest BCUT2D eigenvalue weighted by Gasteiger charge is 2.18. The van der Waals surface area contributed by atoms with Gasteiger partial charge in [0.15, 0.2) is 5.96 Å². The minimum Gasteiger partial charge on any atom is -0.371 e. The molecule has 2 aliphatic rings. The molecule has 0 unspecified atom stereocenters. The van der Waals surface area contributed by atoms with Crippen LogP contribution in [0.4, 0.5) is 10.1 Å². The Labute approximate surface area is 142 Å². The Hall–Kier alpha value is -1.05. The summed E-state index contributed by atoms with van der Waals surface area (Å²) in [6.45, 7) is 4.29. The number of halogens is 2. The number of anilines is 1. The van der Waals surface area contributed by atoms with E-state index in [0.717, 1.165) is 49.8 Å². The second-order valence-electron chi connectivity index (χ2n) is 5.30. The molecular weight excluding hydrogens is 382 g/mol. The first-order valence-corrected chi connectivity index (χ1v) is 7.39. The first-order valence-electron chi connectivity index (χ1n) is 7.39. The number of guanidine groups is 1. The van der Waals surface area contributed by atoms with Gasteiger partial charge in [-0.15, -0.1) is 24.0 Å². The summed E-state index contributed by atoms with van der Waals surface area (Å²) >= 11 is 0. The highest BCUT2D eigenvalue weighted by molar-refractivity contribution is 14.0. The Morgan fingerprint density at radius 3 is 2.76 bits per heavy atom. The van der Waals surface area contributed by atoms with Crippen molar-refractivity contribution in [3.05, 3.63) is 29.6 Å². The molecule has 3 rings (SSSR count). The molecule has 2 heterocycles. The molecule has 0 radical (unpaired) electrons. The van der Waals surface area contributed by atoms with Crippen LogP contribution in [0.1, 0.15) is 24.8 Å². The van der Waals surface area contributed by atoms with E-state index < -0.39 is 0 Å². The second kappa shape index (κ2) is 7.82. The van der Waals surface area contributed by atoms with E-state index in [1.165, 1.54) is 18.9 Å². The lowest BCUT2D eigenvalue weighted by molar-refractivity contribution is 0.602. The van der Waals surface area contributed by atoms with Gasteiger partial charge in [0.25, 0.3) is 0 Å². The van der Waals surface area contributed by atoms with Crippen LogP contribution in [0.25, 0.3) is 0 Å². The van der Waals surface area contributed by atoms with Crippen molar-refractivity contribution in [3.8, 4) is 0 Å². The molecular formula is C15H22FIN4. The van der Waals surface area contributed by atoms with E-state index in [9.17, 15) is 4.39 Å². The summed E-state index contributed by atoms with van der Waals surface area (Å²) in [5, 5.41) is 6.42. The fourth-order valence-corrected chi connectivity index (χ4v) is 2.80. The van der Waals surface area contributed by atoms with E-state index in [0.29, 0.717) is 6.54 Å². The number of rotatable bonds is 3. The second-order valence-corrected chi connectivity index (χ2v) is 5.30. The molecule has 1 aromatic carbocycles. The van der Waals surface area contributed by atoms with Gasteiger partial charge in [0.2, 0.25) is 0 Å². The average Bonchev–Trinajstić information content (AvgIpc) is 3.01. The molecule has 0 aliphatic carbocycles. The van der Waals surface area contributed by atoms with Gasteiger partial charge in [-0.05, 0) is 31.4 Å². The molecule has 0 saturated carbocycles. The molecule has 0 aromatic heterocycles. The molecule has 2 N–H and O–H groups in total. The molecule has 0 spiro atoms. The Morgan fingerprint density at radius 1 is 1.24 bits per heavy atom. The van der Waals surface area contributed by atoms with Gasteiger partial charge < -0.3 is 15.5 Å². The van der Waals surface area contributed by atoms with Crippen molar-refractivity contribution < 1.29 is 4.39 Å². The summed E-state index contributed by atoms with van der Waals surface area (Å²) in [6, 6.07) is 5.34. The molecule has 21 heavy (non-hydrogen) atoms. The fraction of sp³-hybridized carbons (Fsp3) is 0.533. The lowest BCUT2D eigenvalue weighted by Crippen LogP contribution is -2.40. The Kier molecular flexibility index (Phi) is 6.08. The lowest BCUT2D eigenvalue weighted by Gasteiger charge is -2.23. The predicted octanol–water partition coefficient (Wildman–Crippen LogP) is 2.48. The van der Waals surface area contributed by atoms with Crippen LogP contribution in [0, 0.1) is 5.82 Å². The predicted molar refractivity (Wildman–Crippen MR) is 95.0 cm³/mol. The van der Waals surface area contributed by atoms with Gasteiger partial charge in [0, 0.05) is 44.0 Å². The molecule has 0 bridgehead atoms. The summed E-state index contributed by atoms with van der Waals surface area (Å²) in [5.74, 6) is 0.644. The van der Waals surface area contributed by atoms with Gasteiger partial charge in [-0.3, -0.25) is 4.99 Å². The van der Waals surface area contributed by atoms with E-state index in [2.05, 4.69) is 20.5 Å². The number of hydrogen-bond donors (Lipinski definition) is 2. The molecule has 6 heteroatoms. The highest BCUT2D eigenvalue weighted by Crippen LogP contribution is 2.26. The Bertz CT molecular complexity index is 500. The van der Waals surface area contributed by atoms with Gasteiger partial charge in [-0.25, -0.2) is 4.39 Å². The smallest absolute Gasteiger partial charge is 0.191 e. The van der Waals surface area contributed by atoms with Crippen molar-refractivity contribution in [3.63, 3.8) is 0 Å². The van der Waals surface area contributed by atoms with Crippen molar-refractivity contribution in [2.75, 3.05) is 31.1 Å². The minimum atomic E-state index is -0.140. The lowest BCUT2D eigenvalue weighted by atomic mass is 10.1. The third kappa shape index (κ3) is 3.99. The normalized spacial score (nSPS) is 17.8. The summed E-state index contributed by atoms with van der Waals surface area (Å²) in [7, 11) is 0. The van der Waals surface area contributed by atoms with Crippen LogP contribution in [-0.4, -0.2) is 32.1 Å². The van der Waals surface area contributed by atoms with Gasteiger partial charge in [0.05, 0.1) is 0 Å². The zero-order valence-electron chi connectivity index (χ0n) is 12.1. The maximum Gasteiger partial charge on any atom is 0.191 e. The van der Waals surface area contributed by atoms with Crippen LogP contribution < -0.4 is 15.5 Å². The van der Waals surface area contributed by atoms with E-state index in [4.69, 9.17) is 0 Å². The van der Waals surface area contributed by atoms with Gasteiger partial charge in [-0.1, -0.05) is 6.07 Å². The first-order chi connectivity index (χ1) is 9.84. The van der Waals surface area contributed by atoms with Crippen molar-refractivity contribution >= 4 is 35.6 Å². The van der Waals surface area contributed by atoms with Crippen molar-refractivity contribution in [2.24, 2.45) is 4.99 Å². The van der Waals surface area contributed by atoms with Crippen LogP contribution in [0.5, 0.6) is 0 Å². The van der Waals surface area contributed by atoms with E-state index >= 15 is 0 Å². The van der Waals surface area contributed by atoms with Crippen molar-refractivity contribution in [1.29, 1.82) is 0 Å². The minimum absolute atomic E-state index is 0. The zero-order valence-corrected chi connectivity index (χ0v) is 14.4. The summed E-state index contributed by atoms with van der Waals surface area (Å²) in [6.07, 6.45) is 3.44. The third-order valence-electron chi connectivity index (χ3n) is 3.87. The summed E-state index contributed by atoms with van der Waals surface area (Å²) in [4.78, 5) is 6.63. The fourth-order valence-electron chi connectivity index (χ4n) is 2.80. The molecule has 116 valence electrons. The number of hydrogen-bond acceptors (Lipinski definition) is 4. The van der Waals surface area contributed by atoms with Crippen LogP contribution in [-0.2, 0) is 6.54 Å². The first kappa shape index (κ1) is 16.3. The number of benzene rings is 1. The number of nitrogens with one attached hydrogen (secondary N) is 2. The third-order valence-corrected chi connectivity index (χ3v) is 3.87. The monoisotopic (exact) mass is 404 g/mol. The molecule has 0 atom stereocenters. The van der Waals surface area contributed by atoms with Crippen LogP contribution >= 0.6 is 24.0 Å². The van der Waals surface area contributed by atoms with Gasteiger partial charge in [0.1, 0.15) is 5.82 Å². The van der Waals surface area contributed by atoms with Crippen molar-refractivity contribution in [1.82, 2.24) is 10.6 Å². The van der Waals surface area contributed by atoms with E-state index in [-0.39, 0.29) is 29.8 Å². The van der Waals surface area contributed by atoms with Gasteiger partial charge >= 0.3 is 0 Å². The van der Waals surface area contributed by atoms with E-state index in [1.54, 1.807) is 6.07 Å². The van der Waals surface area contributed by atoms with Crippen LogP contribution in [0.3, 0.4) is 0 Å². The summed E-state index contributed by atoms with van der Waals surface area (Å²) in [5.41, 5.74) is 1.76. The highest BCUT2D eigenvalue weighted by atomic mass is 127. The maximum absolute atomic E-state index is 14.1. The largest absolute Gasteiger partial charge is 0.371 e. The zero-order chi connectivity index (χ0) is 13.8. The standard InChI is InChI=1S/C15H21FN4.HI/c16-13-5-3-6-14(20-9-1-2-10-20)12(13)11-19-15-17-7-4-8-18-15;/h3,5-6H,1-2,4,7-11H2,(H2,17,18,19);1H. The summed E-state index contributed by atoms with van der Waals surface area (Å²) < 4.78 is 14.1. The maximum atomic E-state index is 14.1. The average molecular weight is 404 g/mol. The van der Waals surface area contributed by atoms with Crippen LogP contribution in [0.15, 0.2) is 23.2 Å². The molecule has 0 amide bonds. The Balaban J connectivity index is 0.00000161. The van der Waals surface area contributed by atoms with E-state index in [1.807, 2.05) is 6.07 Å². The SMILES string of the molecule is Fc1cccc(N2CCCC2)c1CNC1=NCCCN1.I. The van der Waals surface area contributed by atoms with Crippen LogP contribution in [0.2, 0.25) is 0 Å². The quantitative estimate of drug-likeness (QED) is 0.761. The molecule has 4 nitrogen and oxygen atoms in total. The Morgan fingerprint density at radius 2 is 2.05 bits per heavy atom. The number of nitrogens with zero attached hydrogens (tertiary/aromatic N) is 2. The molecule has 1 saturated heterocycles. The number of aliphatic imine (C=N–C) groups is 1.